The molecule has 108 valence electrons. The molecule has 1 aromatic rings. The Kier molecular flexibility index (Phi) is 4.89. The number of halogens is 7. The van der Waals surface area contributed by atoms with Gasteiger partial charge in [0.25, 0.3) is 0 Å². The molecular formula is C11H9BrF6O. The van der Waals surface area contributed by atoms with Crippen molar-refractivity contribution in [2.75, 3.05) is 5.52 Å². The summed E-state index contributed by atoms with van der Waals surface area (Å²) in [7, 11) is 0. The summed E-state index contributed by atoms with van der Waals surface area (Å²) in [5.74, 6) is 0. The van der Waals surface area contributed by atoms with E-state index in [2.05, 4.69) is 15.9 Å². The van der Waals surface area contributed by atoms with Crippen LogP contribution in [0.5, 0.6) is 0 Å². The number of ether oxygens (including phenoxy) is 1. The molecule has 0 saturated heterocycles. The van der Waals surface area contributed by atoms with Gasteiger partial charge in [-0.3, -0.25) is 0 Å². The zero-order valence-corrected chi connectivity index (χ0v) is 11.2. The van der Waals surface area contributed by atoms with Crippen LogP contribution in [0.15, 0.2) is 18.2 Å². The Hall–Kier alpha value is -0.760. The van der Waals surface area contributed by atoms with Crippen molar-refractivity contribution in [1.29, 1.82) is 0 Å². The molecule has 8 heteroatoms. The van der Waals surface area contributed by atoms with Gasteiger partial charge in [-0.15, -0.1) is 0 Å². The van der Waals surface area contributed by atoms with Crippen molar-refractivity contribution in [3.05, 3.63) is 34.9 Å². The molecule has 0 spiro atoms. The van der Waals surface area contributed by atoms with Crippen LogP contribution < -0.4 is 0 Å². The van der Waals surface area contributed by atoms with Crippen molar-refractivity contribution in [3.8, 4) is 0 Å². The standard InChI is InChI=1S/C11H9BrF6O/c1-6(19-5-12)7-2-8(10(13,14)15)4-9(3-7)11(16,17)18/h2-4,6H,5H2,1H3/t6-/m0/s1. The largest absolute Gasteiger partial charge is 0.416 e. The normalized spacial score (nSPS) is 14.5. The number of alkyl halides is 7. The van der Waals surface area contributed by atoms with Gasteiger partial charge in [0.05, 0.1) is 17.2 Å². The van der Waals surface area contributed by atoms with Crippen LogP contribution in [0.2, 0.25) is 0 Å². The van der Waals surface area contributed by atoms with Crippen LogP contribution in [-0.2, 0) is 17.1 Å². The van der Waals surface area contributed by atoms with E-state index in [1.807, 2.05) is 0 Å². The molecule has 1 rings (SSSR count). The molecule has 0 saturated carbocycles. The molecule has 1 atom stereocenters. The van der Waals surface area contributed by atoms with Crippen molar-refractivity contribution < 1.29 is 31.1 Å². The second-order valence-corrected chi connectivity index (χ2v) is 4.22. The smallest absolute Gasteiger partial charge is 0.363 e. The minimum Gasteiger partial charge on any atom is -0.363 e. The molecule has 0 aliphatic carbocycles. The Bertz CT molecular complexity index is 408. The van der Waals surface area contributed by atoms with E-state index in [0.717, 1.165) is 0 Å². The first kappa shape index (κ1) is 16.3. The fourth-order valence-electron chi connectivity index (χ4n) is 1.40. The third-order valence-electron chi connectivity index (χ3n) is 2.39. The molecule has 0 aliphatic rings. The van der Waals surface area contributed by atoms with E-state index in [-0.39, 0.29) is 17.1 Å². The van der Waals surface area contributed by atoms with Gasteiger partial charge in [0, 0.05) is 0 Å². The molecule has 0 aliphatic heterocycles. The van der Waals surface area contributed by atoms with E-state index in [1.54, 1.807) is 0 Å². The highest BCUT2D eigenvalue weighted by molar-refractivity contribution is 9.09. The number of benzene rings is 1. The zero-order valence-electron chi connectivity index (χ0n) is 9.57. The Labute approximate surface area is 113 Å². The molecule has 1 aromatic carbocycles. The summed E-state index contributed by atoms with van der Waals surface area (Å²) in [4.78, 5) is 0. The molecule has 0 radical (unpaired) electrons. The fourth-order valence-corrected chi connectivity index (χ4v) is 1.80. The van der Waals surface area contributed by atoms with Crippen molar-refractivity contribution in [1.82, 2.24) is 0 Å². The number of hydrogen-bond acceptors (Lipinski definition) is 1. The van der Waals surface area contributed by atoms with Crippen molar-refractivity contribution in [2.45, 2.75) is 25.4 Å². The van der Waals surface area contributed by atoms with Gasteiger partial charge in [0.2, 0.25) is 0 Å². The highest BCUT2D eigenvalue weighted by atomic mass is 79.9. The Morgan fingerprint density at radius 1 is 1.00 bits per heavy atom. The maximum Gasteiger partial charge on any atom is 0.416 e. The second kappa shape index (κ2) is 5.70. The number of hydrogen-bond donors (Lipinski definition) is 0. The Balaban J connectivity index is 3.33. The molecule has 0 N–H and O–H groups in total. The first-order valence-corrected chi connectivity index (χ1v) is 6.15. The van der Waals surface area contributed by atoms with Crippen molar-refractivity contribution in [2.24, 2.45) is 0 Å². The summed E-state index contributed by atoms with van der Waals surface area (Å²) in [5.41, 5.74) is -2.86. The van der Waals surface area contributed by atoms with Crippen molar-refractivity contribution >= 4 is 15.9 Å². The van der Waals surface area contributed by atoms with Gasteiger partial charge >= 0.3 is 12.4 Å². The summed E-state index contributed by atoms with van der Waals surface area (Å²) in [6, 6.07) is 1.40. The first-order chi connectivity index (χ1) is 8.55. The van der Waals surface area contributed by atoms with E-state index in [0.29, 0.717) is 12.1 Å². The van der Waals surface area contributed by atoms with Crippen molar-refractivity contribution in [3.63, 3.8) is 0 Å². The lowest BCUT2D eigenvalue weighted by atomic mass is 10.0. The van der Waals surface area contributed by atoms with Gasteiger partial charge < -0.3 is 4.74 Å². The average Bonchev–Trinajstić information content (AvgIpc) is 2.26. The number of rotatable bonds is 3. The minimum absolute atomic E-state index is 0.00572. The Morgan fingerprint density at radius 3 is 1.74 bits per heavy atom. The monoisotopic (exact) mass is 350 g/mol. The lowest BCUT2D eigenvalue weighted by molar-refractivity contribution is -0.143. The fraction of sp³-hybridized carbons (Fsp3) is 0.455. The van der Waals surface area contributed by atoms with E-state index in [1.165, 1.54) is 6.92 Å². The maximum atomic E-state index is 12.6. The lowest BCUT2D eigenvalue weighted by Gasteiger charge is -2.17. The minimum atomic E-state index is -4.84. The predicted molar refractivity (Wildman–Crippen MR) is 59.7 cm³/mol. The molecule has 19 heavy (non-hydrogen) atoms. The zero-order chi connectivity index (χ0) is 14.8. The lowest BCUT2D eigenvalue weighted by Crippen LogP contribution is -2.13. The highest BCUT2D eigenvalue weighted by Crippen LogP contribution is 2.37. The molecule has 0 fully saturated rings. The van der Waals surface area contributed by atoms with E-state index in [4.69, 9.17) is 4.74 Å². The summed E-state index contributed by atoms with van der Waals surface area (Å²) in [6.45, 7) is 1.37. The van der Waals surface area contributed by atoms with E-state index in [9.17, 15) is 26.3 Å². The summed E-state index contributed by atoms with van der Waals surface area (Å²) < 4.78 is 80.4. The summed E-state index contributed by atoms with van der Waals surface area (Å²) in [5, 5.41) is 0. The van der Waals surface area contributed by atoms with Gasteiger partial charge in [-0.1, -0.05) is 15.9 Å². The first-order valence-electron chi connectivity index (χ1n) is 5.02. The van der Waals surface area contributed by atoms with Gasteiger partial charge in [0.1, 0.15) is 5.52 Å². The van der Waals surface area contributed by atoms with Crippen LogP contribution in [0.4, 0.5) is 26.3 Å². The molecule has 0 unspecified atom stereocenters. The average molecular weight is 351 g/mol. The third kappa shape index (κ3) is 4.38. The molecular weight excluding hydrogens is 342 g/mol. The van der Waals surface area contributed by atoms with Gasteiger partial charge in [0.15, 0.2) is 0 Å². The van der Waals surface area contributed by atoms with Gasteiger partial charge in [-0.05, 0) is 30.7 Å². The molecule has 1 nitrogen and oxygen atoms in total. The maximum absolute atomic E-state index is 12.6. The quantitative estimate of drug-likeness (QED) is 0.540. The molecule has 0 aromatic heterocycles. The molecule has 0 bridgehead atoms. The topological polar surface area (TPSA) is 9.23 Å². The van der Waals surface area contributed by atoms with E-state index >= 15 is 0 Å². The van der Waals surface area contributed by atoms with Gasteiger partial charge in [-0.2, -0.15) is 26.3 Å². The highest BCUT2D eigenvalue weighted by Gasteiger charge is 2.37. The molecule has 0 heterocycles. The molecule has 0 amide bonds. The van der Waals surface area contributed by atoms with Crippen LogP contribution in [0, 0.1) is 0 Å². The summed E-state index contributed by atoms with van der Waals surface area (Å²) >= 11 is 2.90. The SMILES string of the molecule is C[C@H](OCBr)c1cc(C(F)(F)F)cc(C(F)(F)F)c1. The van der Waals surface area contributed by atoms with Crippen LogP contribution in [0.25, 0.3) is 0 Å². The van der Waals surface area contributed by atoms with Crippen LogP contribution >= 0.6 is 15.9 Å². The van der Waals surface area contributed by atoms with E-state index < -0.39 is 29.6 Å². The van der Waals surface area contributed by atoms with Crippen LogP contribution in [-0.4, -0.2) is 5.52 Å². The van der Waals surface area contributed by atoms with Gasteiger partial charge in [-0.25, -0.2) is 0 Å². The van der Waals surface area contributed by atoms with Crippen LogP contribution in [0.1, 0.15) is 29.7 Å². The second-order valence-electron chi connectivity index (χ2n) is 3.76. The summed E-state index contributed by atoms with van der Waals surface area (Å²) in [6.07, 6.45) is -10.6. The van der Waals surface area contributed by atoms with Crippen LogP contribution in [0.3, 0.4) is 0 Å². The third-order valence-corrected chi connectivity index (χ3v) is 2.66. The Morgan fingerprint density at radius 2 is 1.42 bits per heavy atom. The predicted octanol–water partition coefficient (Wildman–Crippen LogP) is 5.15.